The van der Waals surface area contributed by atoms with Crippen LogP contribution in [0.15, 0.2) is 78.5 Å². The van der Waals surface area contributed by atoms with Gasteiger partial charge in [0, 0.05) is 12.2 Å². The van der Waals surface area contributed by atoms with Gasteiger partial charge in [0.2, 0.25) is 0 Å². The highest BCUT2D eigenvalue weighted by Gasteiger charge is 2.43. The fraction of sp³-hybridized carbons (Fsp3) is 0.154. The molecule has 6 heteroatoms. The molecule has 0 radical (unpaired) electrons. The highest BCUT2D eigenvalue weighted by Crippen LogP contribution is 2.39. The van der Waals surface area contributed by atoms with Gasteiger partial charge in [-0.2, -0.15) is 0 Å². The third-order valence-corrected chi connectivity index (χ3v) is 5.88. The monoisotopic (exact) mass is 428 g/mol. The SMILES string of the molecule is COc1ccc(C2=C(N3CCCc4ccccc43)C(=O)N(c3cccc(F)c3)C2=O)cc1. The zero-order valence-corrected chi connectivity index (χ0v) is 17.5. The molecule has 3 aromatic carbocycles. The molecule has 2 heterocycles. The number of rotatable bonds is 4. The van der Waals surface area contributed by atoms with E-state index in [1.54, 1.807) is 37.4 Å². The maximum absolute atomic E-state index is 13.9. The number of hydrogen-bond donors (Lipinski definition) is 0. The Hall–Kier alpha value is -3.93. The number of aryl methyl sites for hydroxylation is 1. The van der Waals surface area contributed by atoms with E-state index in [1.165, 1.54) is 18.2 Å². The molecule has 5 nitrogen and oxygen atoms in total. The summed E-state index contributed by atoms with van der Waals surface area (Å²) in [5.41, 5.74) is 3.49. The number of carbonyl (C=O) groups excluding carboxylic acids is 2. The van der Waals surface area contributed by atoms with Crippen molar-refractivity contribution in [3.8, 4) is 5.75 Å². The number of hydrogen-bond acceptors (Lipinski definition) is 4. The molecule has 2 amide bonds. The van der Waals surface area contributed by atoms with Gasteiger partial charge in [0.1, 0.15) is 17.3 Å². The van der Waals surface area contributed by atoms with Crippen molar-refractivity contribution in [1.82, 2.24) is 0 Å². The van der Waals surface area contributed by atoms with E-state index in [1.807, 2.05) is 29.2 Å². The Morgan fingerprint density at radius 2 is 1.69 bits per heavy atom. The molecular weight excluding hydrogens is 407 g/mol. The van der Waals surface area contributed by atoms with Gasteiger partial charge in [-0.15, -0.1) is 0 Å². The van der Waals surface area contributed by atoms with Crippen molar-refractivity contribution < 1.29 is 18.7 Å². The number of benzene rings is 3. The maximum atomic E-state index is 13.9. The van der Waals surface area contributed by atoms with E-state index in [9.17, 15) is 14.0 Å². The molecule has 2 aliphatic heterocycles. The Kier molecular flexibility index (Phi) is 4.98. The number of nitrogens with zero attached hydrogens (tertiary/aromatic N) is 2. The molecule has 0 unspecified atom stereocenters. The van der Waals surface area contributed by atoms with E-state index in [2.05, 4.69) is 0 Å². The minimum Gasteiger partial charge on any atom is -0.497 e. The first kappa shape index (κ1) is 20.0. The summed E-state index contributed by atoms with van der Waals surface area (Å²) in [5.74, 6) is -0.782. The van der Waals surface area contributed by atoms with Crippen LogP contribution in [0.2, 0.25) is 0 Å². The molecule has 0 spiro atoms. The smallest absolute Gasteiger partial charge is 0.282 e. The molecule has 0 atom stereocenters. The number of anilines is 2. The van der Waals surface area contributed by atoms with Crippen LogP contribution in [-0.2, 0) is 16.0 Å². The topological polar surface area (TPSA) is 49.9 Å². The molecule has 0 bridgehead atoms. The lowest BCUT2D eigenvalue weighted by atomic mass is 9.98. The van der Waals surface area contributed by atoms with Crippen molar-refractivity contribution in [3.05, 3.63) is 95.4 Å². The van der Waals surface area contributed by atoms with Gasteiger partial charge >= 0.3 is 0 Å². The summed E-state index contributed by atoms with van der Waals surface area (Å²) in [7, 11) is 1.57. The van der Waals surface area contributed by atoms with E-state index >= 15 is 0 Å². The number of ether oxygens (including phenoxy) is 1. The van der Waals surface area contributed by atoms with Crippen molar-refractivity contribution in [3.63, 3.8) is 0 Å². The van der Waals surface area contributed by atoms with Crippen molar-refractivity contribution >= 4 is 28.8 Å². The number of amides is 2. The Balaban J connectivity index is 1.69. The Bertz CT molecular complexity index is 1250. The molecule has 0 saturated carbocycles. The van der Waals surface area contributed by atoms with Crippen molar-refractivity contribution in [2.24, 2.45) is 0 Å². The summed E-state index contributed by atoms with van der Waals surface area (Å²) in [6.07, 6.45) is 1.77. The number of halogens is 1. The third kappa shape index (κ3) is 3.24. The average molecular weight is 428 g/mol. The number of para-hydroxylation sites is 1. The van der Waals surface area contributed by atoms with Gasteiger partial charge in [0.15, 0.2) is 0 Å². The Labute approximate surface area is 185 Å². The first-order valence-corrected chi connectivity index (χ1v) is 10.5. The fourth-order valence-corrected chi connectivity index (χ4v) is 4.40. The number of fused-ring (bicyclic) bond motifs is 1. The normalized spacial score (nSPS) is 15.9. The van der Waals surface area contributed by atoms with Crippen LogP contribution >= 0.6 is 0 Å². The number of methoxy groups -OCH3 is 1. The van der Waals surface area contributed by atoms with E-state index in [-0.39, 0.29) is 5.69 Å². The first-order valence-electron chi connectivity index (χ1n) is 10.5. The summed E-state index contributed by atoms with van der Waals surface area (Å²) in [6.45, 7) is 0.613. The van der Waals surface area contributed by atoms with Crippen LogP contribution in [0.5, 0.6) is 5.75 Å². The molecule has 0 aromatic heterocycles. The second kappa shape index (κ2) is 7.96. The Morgan fingerprint density at radius 3 is 2.44 bits per heavy atom. The van der Waals surface area contributed by atoms with Crippen LogP contribution in [0.3, 0.4) is 0 Å². The molecule has 0 N–H and O–H groups in total. The van der Waals surface area contributed by atoms with Crippen molar-refractivity contribution in [1.29, 1.82) is 0 Å². The van der Waals surface area contributed by atoms with Gasteiger partial charge in [0.05, 0.1) is 18.4 Å². The molecular formula is C26H21FN2O3. The van der Waals surface area contributed by atoms with Gasteiger partial charge in [-0.3, -0.25) is 9.59 Å². The Morgan fingerprint density at radius 1 is 0.906 bits per heavy atom. The lowest BCUT2D eigenvalue weighted by Crippen LogP contribution is -2.37. The summed E-state index contributed by atoms with van der Waals surface area (Å²) >= 11 is 0. The molecule has 2 aliphatic rings. The van der Waals surface area contributed by atoms with Crippen molar-refractivity contribution in [2.45, 2.75) is 12.8 Å². The lowest BCUT2D eigenvalue weighted by Gasteiger charge is -2.32. The highest BCUT2D eigenvalue weighted by atomic mass is 19.1. The number of imide groups is 1. The van der Waals surface area contributed by atoms with E-state index < -0.39 is 17.6 Å². The lowest BCUT2D eigenvalue weighted by molar-refractivity contribution is -0.120. The standard InChI is InChI=1S/C26H21FN2O3/c1-32-21-13-11-18(12-14-21)23-24(28-15-5-7-17-6-2-3-10-22(17)28)26(31)29(25(23)30)20-9-4-8-19(27)16-20/h2-4,6,8-14,16H,5,7,15H2,1H3. The van der Waals surface area contributed by atoms with Gasteiger partial charge in [-0.1, -0.05) is 36.4 Å². The summed E-state index contributed by atoms with van der Waals surface area (Å²) in [6, 6.07) is 20.5. The predicted octanol–water partition coefficient (Wildman–Crippen LogP) is 4.57. The van der Waals surface area contributed by atoms with Gasteiger partial charge in [-0.25, -0.2) is 9.29 Å². The quantitative estimate of drug-likeness (QED) is 0.571. The zero-order chi connectivity index (χ0) is 22.2. The molecule has 0 aliphatic carbocycles. The van der Waals surface area contributed by atoms with Crippen LogP contribution < -0.4 is 14.5 Å². The van der Waals surface area contributed by atoms with Crippen molar-refractivity contribution in [2.75, 3.05) is 23.5 Å². The van der Waals surface area contributed by atoms with Crippen LogP contribution in [0.1, 0.15) is 17.5 Å². The molecule has 5 rings (SSSR count). The summed E-state index contributed by atoms with van der Waals surface area (Å²) in [5, 5.41) is 0. The van der Waals surface area contributed by atoms with Gasteiger partial charge in [0.25, 0.3) is 11.8 Å². The average Bonchev–Trinajstić information content (AvgIpc) is 3.08. The second-order valence-corrected chi connectivity index (χ2v) is 7.76. The van der Waals surface area contributed by atoms with Crippen LogP contribution in [0, 0.1) is 5.82 Å². The second-order valence-electron chi connectivity index (χ2n) is 7.76. The minimum absolute atomic E-state index is 0.214. The van der Waals surface area contributed by atoms with E-state index in [0.29, 0.717) is 29.1 Å². The van der Waals surface area contributed by atoms with E-state index in [0.717, 1.165) is 29.0 Å². The van der Waals surface area contributed by atoms with E-state index in [4.69, 9.17) is 4.74 Å². The zero-order valence-electron chi connectivity index (χ0n) is 17.5. The predicted molar refractivity (Wildman–Crippen MR) is 121 cm³/mol. The molecule has 160 valence electrons. The van der Waals surface area contributed by atoms with Gasteiger partial charge < -0.3 is 9.64 Å². The number of carbonyl (C=O) groups is 2. The molecule has 32 heavy (non-hydrogen) atoms. The molecule has 0 fully saturated rings. The fourth-order valence-electron chi connectivity index (χ4n) is 4.40. The minimum atomic E-state index is -0.508. The maximum Gasteiger partial charge on any atom is 0.282 e. The largest absolute Gasteiger partial charge is 0.497 e. The summed E-state index contributed by atoms with van der Waals surface area (Å²) < 4.78 is 19.2. The summed E-state index contributed by atoms with van der Waals surface area (Å²) in [4.78, 5) is 30.3. The van der Waals surface area contributed by atoms with Crippen LogP contribution in [0.25, 0.3) is 5.57 Å². The van der Waals surface area contributed by atoms with Crippen LogP contribution in [-0.4, -0.2) is 25.5 Å². The molecule has 3 aromatic rings. The first-order chi connectivity index (χ1) is 15.6. The highest BCUT2D eigenvalue weighted by molar-refractivity contribution is 6.46. The molecule has 0 saturated heterocycles. The van der Waals surface area contributed by atoms with Gasteiger partial charge in [-0.05, 0) is 60.4 Å². The van der Waals surface area contributed by atoms with Crippen LogP contribution in [0.4, 0.5) is 15.8 Å². The third-order valence-electron chi connectivity index (χ3n) is 5.88.